The van der Waals surface area contributed by atoms with Gasteiger partial charge in [-0.1, -0.05) is 37.3 Å². The molecule has 1 aliphatic carbocycles. The fraction of sp³-hybridized carbons (Fsp3) is 0.571. The fourth-order valence-electron chi connectivity index (χ4n) is 5.75. The predicted molar refractivity (Wildman–Crippen MR) is 153 cm³/mol. The molecule has 13 heteroatoms. The number of likely N-dealkylation sites (N-methyl/N-ethyl adjacent to an activating group) is 1. The van der Waals surface area contributed by atoms with E-state index in [1.165, 1.54) is 0 Å². The van der Waals surface area contributed by atoms with Crippen molar-refractivity contribution in [2.75, 3.05) is 44.0 Å². The summed E-state index contributed by atoms with van der Waals surface area (Å²) in [6.07, 6.45) is -0.266. The monoisotopic (exact) mass is 568 g/mol. The number of benzene rings is 1. The van der Waals surface area contributed by atoms with Crippen LogP contribution in [0.2, 0.25) is 0 Å². The molecular weight excluding hydrogens is 528 g/mol. The Bertz CT molecular complexity index is 1340. The molecule has 7 atom stereocenters. The molecule has 0 radical (unpaired) electrons. The molecule has 1 saturated carbocycles. The van der Waals surface area contributed by atoms with Crippen molar-refractivity contribution in [3.05, 3.63) is 42.2 Å². The number of hydrogen-bond donors (Lipinski definition) is 6. The molecule has 2 aromatic heterocycles. The Morgan fingerprint density at radius 2 is 1.93 bits per heavy atom. The Morgan fingerprint density at radius 1 is 1.17 bits per heavy atom. The first kappa shape index (κ1) is 29.1. The Kier molecular flexibility index (Phi) is 8.71. The Balaban J connectivity index is 1.52. The molecule has 1 aromatic carbocycles. The van der Waals surface area contributed by atoms with E-state index in [0.29, 0.717) is 41.0 Å². The third-order valence-electron chi connectivity index (χ3n) is 8.30. The third-order valence-corrected chi connectivity index (χ3v) is 8.30. The summed E-state index contributed by atoms with van der Waals surface area (Å²) in [5.41, 5.74) is 1.49. The number of aliphatic hydroxyl groups is 4. The normalized spacial score (nSPS) is 26.0. The number of carbonyl (C=O) groups excluding carboxylic acids is 1. The molecule has 2 unspecified atom stereocenters. The van der Waals surface area contributed by atoms with E-state index in [-0.39, 0.29) is 18.9 Å². The number of amides is 1. The summed E-state index contributed by atoms with van der Waals surface area (Å²) in [5.74, 6) is 0.598. The van der Waals surface area contributed by atoms with E-state index in [1.54, 1.807) is 30.0 Å². The van der Waals surface area contributed by atoms with Gasteiger partial charge in [-0.2, -0.15) is 9.97 Å². The van der Waals surface area contributed by atoms with Gasteiger partial charge in [0, 0.05) is 25.6 Å². The lowest BCUT2D eigenvalue weighted by molar-refractivity contribution is -0.122. The Labute approximate surface area is 238 Å². The highest BCUT2D eigenvalue weighted by Crippen LogP contribution is 2.35. The zero-order chi connectivity index (χ0) is 29.3. The number of imidazole rings is 1. The second-order valence-corrected chi connectivity index (χ2v) is 11.1. The molecule has 2 aliphatic rings. The van der Waals surface area contributed by atoms with Crippen LogP contribution in [0.5, 0.6) is 0 Å². The lowest BCUT2D eigenvalue weighted by atomic mass is 10.0. The van der Waals surface area contributed by atoms with Gasteiger partial charge in [0.1, 0.15) is 18.3 Å². The molecule has 41 heavy (non-hydrogen) atoms. The summed E-state index contributed by atoms with van der Waals surface area (Å²) in [7, 11) is 4.08. The van der Waals surface area contributed by atoms with Crippen molar-refractivity contribution in [1.29, 1.82) is 0 Å². The number of nitrogens with one attached hydrogen (secondary N) is 2. The predicted octanol–water partition coefficient (Wildman–Crippen LogP) is 0.0344. The van der Waals surface area contributed by atoms with E-state index in [4.69, 9.17) is 9.97 Å². The molecule has 2 fully saturated rings. The van der Waals surface area contributed by atoms with Gasteiger partial charge < -0.3 is 45.4 Å². The van der Waals surface area contributed by atoms with Crippen LogP contribution in [0.25, 0.3) is 11.2 Å². The Hall–Kier alpha value is -3.36. The van der Waals surface area contributed by atoms with Gasteiger partial charge in [-0.3, -0.25) is 4.79 Å². The highest BCUT2D eigenvalue weighted by molar-refractivity contribution is 5.85. The summed E-state index contributed by atoms with van der Waals surface area (Å²) >= 11 is 0. The van der Waals surface area contributed by atoms with Crippen LogP contribution in [-0.4, -0.2) is 115 Å². The fourth-order valence-corrected chi connectivity index (χ4v) is 5.75. The Morgan fingerprint density at radius 3 is 2.59 bits per heavy atom. The van der Waals surface area contributed by atoms with Crippen molar-refractivity contribution in [3.63, 3.8) is 0 Å². The van der Waals surface area contributed by atoms with Crippen LogP contribution in [0, 0.1) is 0 Å². The van der Waals surface area contributed by atoms with E-state index >= 15 is 0 Å². The smallest absolute Gasteiger partial charge is 0.229 e. The molecule has 1 aliphatic heterocycles. The number of nitrogens with zero attached hydrogens (tertiary/aromatic N) is 6. The number of fused-ring (bicyclic) bond motifs is 1. The van der Waals surface area contributed by atoms with Gasteiger partial charge in [0.2, 0.25) is 11.9 Å². The molecule has 13 nitrogen and oxygen atoms in total. The SMILES string of the molecule is CCC(=O)N[C@H]1C[C@@H](n2cnc3c(NC(CO)C(O)c4ccccc4)nc(N4CC[C@@H](N(C)C)C4)nc32)[C@H](O)[C@@H]1O. The minimum atomic E-state index is -1.15. The molecule has 3 heterocycles. The molecule has 3 aromatic rings. The van der Waals surface area contributed by atoms with Crippen LogP contribution in [0.4, 0.5) is 11.8 Å². The first-order chi connectivity index (χ1) is 19.7. The summed E-state index contributed by atoms with van der Waals surface area (Å²) in [6.45, 7) is 2.83. The number of aliphatic hydroxyl groups excluding tert-OH is 4. The summed E-state index contributed by atoms with van der Waals surface area (Å²) in [4.78, 5) is 30.5. The van der Waals surface area contributed by atoms with E-state index in [0.717, 1.165) is 19.5 Å². The van der Waals surface area contributed by atoms with Crippen molar-refractivity contribution in [1.82, 2.24) is 29.7 Å². The molecule has 1 amide bonds. The van der Waals surface area contributed by atoms with Crippen molar-refractivity contribution >= 4 is 28.8 Å². The van der Waals surface area contributed by atoms with Crippen molar-refractivity contribution in [2.24, 2.45) is 0 Å². The summed E-state index contributed by atoms with van der Waals surface area (Å²) < 4.78 is 1.72. The second kappa shape index (κ2) is 12.2. The van der Waals surface area contributed by atoms with Gasteiger partial charge in [0.15, 0.2) is 17.0 Å². The minimum Gasteiger partial charge on any atom is -0.394 e. The highest BCUT2D eigenvalue weighted by atomic mass is 16.3. The largest absolute Gasteiger partial charge is 0.394 e. The van der Waals surface area contributed by atoms with Crippen LogP contribution >= 0.6 is 0 Å². The maximum Gasteiger partial charge on any atom is 0.229 e. The topological polar surface area (TPSA) is 172 Å². The first-order valence-electron chi connectivity index (χ1n) is 14.1. The van der Waals surface area contributed by atoms with Crippen LogP contribution in [0.15, 0.2) is 36.7 Å². The molecule has 0 spiro atoms. The van der Waals surface area contributed by atoms with E-state index < -0.39 is 36.4 Å². The van der Waals surface area contributed by atoms with Gasteiger partial charge in [-0.15, -0.1) is 0 Å². The van der Waals surface area contributed by atoms with Gasteiger partial charge in [-0.25, -0.2) is 4.98 Å². The first-order valence-corrected chi connectivity index (χ1v) is 14.1. The highest BCUT2D eigenvalue weighted by Gasteiger charge is 2.44. The maximum atomic E-state index is 12.0. The molecule has 6 N–H and O–H groups in total. The number of rotatable bonds is 10. The summed E-state index contributed by atoms with van der Waals surface area (Å²) in [5, 5.41) is 49.0. The minimum absolute atomic E-state index is 0.204. The number of aromatic nitrogens is 4. The van der Waals surface area contributed by atoms with Crippen LogP contribution < -0.4 is 15.5 Å². The maximum absolute atomic E-state index is 12.0. The van der Waals surface area contributed by atoms with Gasteiger partial charge in [0.05, 0.1) is 31.1 Å². The van der Waals surface area contributed by atoms with Crippen molar-refractivity contribution in [3.8, 4) is 0 Å². The van der Waals surface area contributed by atoms with Crippen molar-refractivity contribution < 1.29 is 25.2 Å². The van der Waals surface area contributed by atoms with Crippen LogP contribution in [-0.2, 0) is 4.79 Å². The zero-order valence-corrected chi connectivity index (χ0v) is 23.6. The van der Waals surface area contributed by atoms with E-state index in [2.05, 4.69) is 25.4 Å². The second-order valence-electron chi connectivity index (χ2n) is 11.1. The van der Waals surface area contributed by atoms with Crippen LogP contribution in [0.3, 0.4) is 0 Å². The summed E-state index contributed by atoms with van der Waals surface area (Å²) in [6, 6.07) is 7.41. The number of anilines is 2. The quantitative estimate of drug-likeness (QED) is 0.195. The zero-order valence-electron chi connectivity index (χ0n) is 23.6. The molecule has 1 saturated heterocycles. The van der Waals surface area contributed by atoms with Crippen molar-refractivity contribution in [2.45, 2.75) is 68.7 Å². The average Bonchev–Trinajstić information content (AvgIpc) is 3.71. The lowest BCUT2D eigenvalue weighted by Crippen LogP contribution is -2.42. The third kappa shape index (κ3) is 5.86. The van der Waals surface area contributed by atoms with Gasteiger partial charge >= 0.3 is 0 Å². The lowest BCUT2D eigenvalue weighted by Gasteiger charge is -2.25. The van der Waals surface area contributed by atoms with E-state index in [9.17, 15) is 25.2 Å². The number of carbonyl (C=O) groups is 1. The van der Waals surface area contributed by atoms with E-state index in [1.807, 2.05) is 32.3 Å². The molecule has 0 bridgehead atoms. The van der Waals surface area contributed by atoms with Gasteiger partial charge in [0.25, 0.3) is 0 Å². The average molecular weight is 569 g/mol. The number of hydrogen-bond acceptors (Lipinski definition) is 11. The van der Waals surface area contributed by atoms with Crippen LogP contribution in [0.1, 0.15) is 43.9 Å². The molecule has 5 rings (SSSR count). The standard InChI is InChI=1S/C28H40N8O5/c1-4-21(38)30-18-12-20(25(41)24(18)40)36-15-29-22-26(31-19(14-37)23(39)16-8-6-5-7-9-16)32-28(33-27(22)36)35-11-10-17(13-35)34(2)3/h5-9,15,17-20,23-25,37,39-41H,4,10-14H2,1-3H3,(H,30,38)(H,31,32,33)/t17-,18+,19?,20-,23?,24-,25+/m1/s1. The molecule has 222 valence electrons. The molecular formula is C28H40N8O5. The van der Waals surface area contributed by atoms with Gasteiger partial charge in [-0.05, 0) is 32.5 Å².